The summed E-state index contributed by atoms with van der Waals surface area (Å²) >= 11 is 0. The van der Waals surface area contributed by atoms with Crippen molar-refractivity contribution in [2.75, 3.05) is 26.9 Å². The molecule has 0 amide bonds. The zero-order valence-electron chi connectivity index (χ0n) is 20.0. The zero-order valence-corrected chi connectivity index (χ0v) is 20.0. The van der Waals surface area contributed by atoms with Crippen molar-refractivity contribution in [1.29, 1.82) is 0 Å². The van der Waals surface area contributed by atoms with Gasteiger partial charge in [-0.2, -0.15) is 0 Å². The average molecular weight is 456 g/mol. The fraction of sp³-hybridized carbons (Fsp3) is 0.500. The summed E-state index contributed by atoms with van der Waals surface area (Å²) in [6.07, 6.45) is 1.39. The number of esters is 2. The minimum absolute atomic E-state index is 0.123. The number of dihydropyridines is 1. The lowest BCUT2D eigenvalue weighted by molar-refractivity contribution is -0.151. The molecular weight excluding hydrogens is 422 g/mol. The van der Waals surface area contributed by atoms with Crippen LogP contribution in [0.4, 0.5) is 0 Å². The Morgan fingerprint density at radius 3 is 2.42 bits per heavy atom. The van der Waals surface area contributed by atoms with Crippen LogP contribution in [0.1, 0.15) is 50.7 Å². The number of rotatable bonds is 8. The molecule has 1 N–H and O–H groups in total. The predicted molar refractivity (Wildman–Crippen MR) is 123 cm³/mol. The van der Waals surface area contributed by atoms with Crippen LogP contribution in [0, 0.1) is 18.8 Å². The van der Waals surface area contributed by atoms with Crippen LogP contribution in [0.2, 0.25) is 0 Å². The molecule has 7 heteroatoms. The van der Waals surface area contributed by atoms with Gasteiger partial charge in [-0.25, -0.2) is 4.79 Å². The van der Waals surface area contributed by atoms with Gasteiger partial charge in [0.15, 0.2) is 5.78 Å². The van der Waals surface area contributed by atoms with Gasteiger partial charge in [0, 0.05) is 29.5 Å². The second kappa shape index (κ2) is 10.8. The van der Waals surface area contributed by atoms with Crippen LogP contribution in [-0.4, -0.2) is 44.7 Å². The molecule has 3 atom stereocenters. The van der Waals surface area contributed by atoms with Crippen molar-refractivity contribution in [2.24, 2.45) is 11.8 Å². The highest BCUT2D eigenvalue weighted by Crippen LogP contribution is 2.45. The molecule has 0 radical (unpaired) electrons. The molecule has 7 nitrogen and oxygen atoms in total. The number of benzene rings is 1. The monoisotopic (exact) mass is 455 g/mol. The third kappa shape index (κ3) is 5.19. The third-order valence-corrected chi connectivity index (χ3v) is 6.18. The first-order chi connectivity index (χ1) is 15.8. The lowest BCUT2D eigenvalue weighted by atomic mass is 9.69. The number of allylic oxidation sites excluding steroid dienone is 3. The van der Waals surface area contributed by atoms with E-state index >= 15 is 0 Å². The molecule has 1 heterocycles. The van der Waals surface area contributed by atoms with Crippen molar-refractivity contribution >= 4 is 17.7 Å². The zero-order chi connectivity index (χ0) is 24.1. The molecule has 0 bridgehead atoms. The van der Waals surface area contributed by atoms with E-state index in [1.165, 1.54) is 7.11 Å². The van der Waals surface area contributed by atoms with Gasteiger partial charge in [-0.15, -0.1) is 0 Å². The van der Waals surface area contributed by atoms with E-state index in [1.54, 1.807) is 0 Å². The Balaban J connectivity index is 2.01. The maximum absolute atomic E-state index is 13.6. The van der Waals surface area contributed by atoms with Gasteiger partial charge in [-0.1, -0.05) is 43.7 Å². The van der Waals surface area contributed by atoms with Gasteiger partial charge in [-0.05, 0) is 38.2 Å². The first-order valence-corrected chi connectivity index (χ1v) is 11.4. The van der Waals surface area contributed by atoms with Crippen molar-refractivity contribution in [3.05, 3.63) is 57.9 Å². The third-order valence-electron chi connectivity index (χ3n) is 6.18. The maximum atomic E-state index is 13.6. The van der Waals surface area contributed by atoms with Crippen LogP contribution in [0.15, 0.2) is 46.8 Å². The lowest BCUT2D eigenvalue weighted by Gasteiger charge is -2.38. The van der Waals surface area contributed by atoms with E-state index in [4.69, 9.17) is 14.2 Å². The second-order valence-corrected chi connectivity index (χ2v) is 8.69. The van der Waals surface area contributed by atoms with Gasteiger partial charge >= 0.3 is 11.9 Å². The Labute approximate surface area is 195 Å². The number of nitrogens with one attached hydrogen (secondary N) is 1. The van der Waals surface area contributed by atoms with E-state index < -0.39 is 23.8 Å². The fourth-order valence-electron chi connectivity index (χ4n) is 4.56. The van der Waals surface area contributed by atoms with Crippen molar-refractivity contribution in [2.45, 2.75) is 46.5 Å². The lowest BCUT2D eigenvalue weighted by Crippen LogP contribution is -2.43. The molecule has 1 aromatic carbocycles. The molecule has 0 saturated carbocycles. The van der Waals surface area contributed by atoms with Gasteiger partial charge < -0.3 is 19.5 Å². The second-order valence-electron chi connectivity index (χ2n) is 8.69. The number of methoxy groups -OCH3 is 1. The number of Topliss-reactive ketones (excluding diaryl/α,β-unsaturated/α-hetero) is 1. The summed E-state index contributed by atoms with van der Waals surface area (Å²) in [6.45, 7) is 8.70. The van der Waals surface area contributed by atoms with Crippen molar-refractivity contribution in [3.63, 3.8) is 0 Å². The van der Waals surface area contributed by atoms with E-state index in [0.717, 1.165) is 23.2 Å². The standard InChI is InChI=1S/C26H33NO6/c1-6-11-32-12-13-33-26(30)21-17(4)27-19-14-16(3)20(25(29)31-5)24(28)23(19)22(21)18-9-7-15(2)8-10-18/h7-10,16,20,22,27H,6,11-14H2,1-5H3/t16-,20+,22-/m0/s1. The van der Waals surface area contributed by atoms with E-state index in [2.05, 4.69) is 5.32 Å². The fourth-order valence-corrected chi connectivity index (χ4v) is 4.56. The largest absolute Gasteiger partial charge is 0.468 e. The summed E-state index contributed by atoms with van der Waals surface area (Å²) in [5, 5.41) is 3.26. The molecule has 0 fully saturated rings. The van der Waals surface area contributed by atoms with Crippen molar-refractivity contribution in [1.82, 2.24) is 5.32 Å². The van der Waals surface area contributed by atoms with Gasteiger partial charge in [0.05, 0.1) is 19.3 Å². The molecule has 0 spiro atoms. The topological polar surface area (TPSA) is 90.9 Å². The number of ether oxygens (including phenoxy) is 3. The van der Waals surface area contributed by atoms with Crippen LogP contribution >= 0.6 is 0 Å². The van der Waals surface area contributed by atoms with Crippen LogP contribution in [0.5, 0.6) is 0 Å². The molecule has 0 saturated heterocycles. The molecule has 1 aliphatic carbocycles. The number of aryl methyl sites for hydroxylation is 1. The molecule has 178 valence electrons. The molecule has 1 aliphatic heterocycles. The van der Waals surface area contributed by atoms with Crippen LogP contribution < -0.4 is 5.32 Å². The first-order valence-electron chi connectivity index (χ1n) is 11.4. The minimum Gasteiger partial charge on any atom is -0.468 e. The smallest absolute Gasteiger partial charge is 0.336 e. The van der Waals surface area contributed by atoms with Gasteiger partial charge in [0.1, 0.15) is 12.5 Å². The van der Waals surface area contributed by atoms with Crippen molar-refractivity contribution < 1.29 is 28.6 Å². The highest BCUT2D eigenvalue weighted by molar-refractivity contribution is 6.12. The maximum Gasteiger partial charge on any atom is 0.336 e. The van der Waals surface area contributed by atoms with Crippen LogP contribution in [0.25, 0.3) is 0 Å². The van der Waals surface area contributed by atoms with Crippen LogP contribution in [0.3, 0.4) is 0 Å². The Morgan fingerprint density at radius 2 is 1.79 bits per heavy atom. The Kier molecular flexibility index (Phi) is 8.08. The normalized spacial score (nSPS) is 22.6. The molecule has 1 aromatic rings. The summed E-state index contributed by atoms with van der Waals surface area (Å²) in [5.41, 5.74) is 4.08. The van der Waals surface area contributed by atoms with Gasteiger partial charge in [-0.3, -0.25) is 9.59 Å². The molecule has 2 aliphatic rings. The molecular formula is C26H33NO6. The number of hydrogen-bond donors (Lipinski definition) is 1. The van der Waals surface area contributed by atoms with Gasteiger partial charge in [0.25, 0.3) is 0 Å². The molecule has 3 rings (SSSR count). The van der Waals surface area contributed by atoms with Crippen molar-refractivity contribution in [3.8, 4) is 0 Å². The highest BCUT2D eigenvalue weighted by atomic mass is 16.6. The highest BCUT2D eigenvalue weighted by Gasteiger charge is 2.47. The average Bonchev–Trinajstić information content (AvgIpc) is 2.78. The van der Waals surface area contributed by atoms with E-state index in [1.807, 2.05) is 52.0 Å². The molecule has 0 aromatic heterocycles. The predicted octanol–water partition coefficient (Wildman–Crippen LogP) is 3.58. The summed E-state index contributed by atoms with van der Waals surface area (Å²) in [5.74, 6) is -3.10. The van der Waals surface area contributed by atoms with Crippen LogP contribution in [-0.2, 0) is 28.6 Å². The van der Waals surface area contributed by atoms with E-state index in [9.17, 15) is 14.4 Å². The SMILES string of the molecule is CCCOCCOC(=O)C1=C(C)NC2=C(C(=O)[C@H](C(=O)OC)[C@@H](C)C2)[C@H]1c1ccc(C)cc1. The summed E-state index contributed by atoms with van der Waals surface area (Å²) < 4.78 is 15.9. The number of ketones is 1. The summed E-state index contributed by atoms with van der Waals surface area (Å²) in [6, 6.07) is 7.73. The van der Waals surface area contributed by atoms with E-state index in [-0.39, 0.29) is 18.3 Å². The Bertz CT molecular complexity index is 975. The molecule has 0 unspecified atom stereocenters. The number of hydrogen-bond acceptors (Lipinski definition) is 7. The minimum atomic E-state index is -0.901. The Hall–Kier alpha value is -2.93. The first kappa shape index (κ1) is 24.7. The summed E-state index contributed by atoms with van der Waals surface area (Å²) in [7, 11) is 1.29. The number of carbonyl (C=O) groups excluding carboxylic acids is 3. The summed E-state index contributed by atoms with van der Waals surface area (Å²) in [4.78, 5) is 39.3. The number of carbonyl (C=O) groups is 3. The Morgan fingerprint density at radius 1 is 1.09 bits per heavy atom. The van der Waals surface area contributed by atoms with Gasteiger partial charge in [0.2, 0.25) is 0 Å². The molecule has 33 heavy (non-hydrogen) atoms. The quantitative estimate of drug-likeness (QED) is 0.364. The van der Waals surface area contributed by atoms with E-state index in [0.29, 0.717) is 36.5 Å².